The molecule has 0 unspecified atom stereocenters. The van der Waals surface area contributed by atoms with Crippen molar-refractivity contribution in [1.82, 2.24) is 9.38 Å². The molecule has 0 fully saturated rings. The maximum atomic E-state index is 5.11. The topological polar surface area (TPSA) is 21.2 Å². The summed E-state index contributed by atoms with van der Waals surface area (Å²) in [6.45, 7) is 23.2. The SMILES string of the molecule is Cc1ccc2c3ccc(CC(C)(C)C)cc3n3c4cc(-c5c(C(C)C)cc(C(C)C)cc5C(C)C)cc5nc[n+](C)c(c1c23)c54. The van der Waals surface area contributed by atoms with Crippen LogP contribution < -0.4 is 4.57 Å². The monoisotopic (exact) mass is 594 g/mol. The molecule has 0 N–H and O–H groups in total. The summed E-state index contributed by atoms with van der Waals surface area (Å²) in [5, 5.41) is 5.20. The van der Waals surface area contributed by atoms with Crippen LogP contribution in [0.4, 0.5) is 0 Å². The zero-order valence-corrected chi connectivity index (χ0v) is 29.1. The summed E-state index contributed by atoms with van der Waals surface area (Å²) < 4.78 is 4.81. The lowest BCUT2D eigenvalue weighted by Crippen LogP contribution is -2.30. The van der Waals surface area contributed by atoms with Crippen molar-refractivity contribution in [3.63, 3.8) is 0 Å². The Morgan fingerprint density at radius 3 is 2.04 bits per heavy atom. The molecule has 3 heterocycles. The predicted molar refractivity (Wildman–Crippen MR) is 193 cm³/mol. The Kier molecular flexibility index (Phi) is 6.78. The molecule has 7 rings (SSSR count). The molecule has 4 aromatic carbocycles. The van der Waals surface area contributed by atoms with Crippen LogP contribution in [0.15, 0.2) is 60.9 Å². The van der Waals surface area contributed by atoms with Crippen LogP contribution in [0.2, 0.25) is 0 Å². The number of fused-ring (bicyclic) bond motifs is 5. The largest absolute Gasteiger partial charge is 0.307 e. The molecular formula is C42H48N3+. The Hall–Kier alpha value is -3.98. The maximum absolute atomic E-state index is 5.11. The van der Waals surface area contributed by atoms with Crippen molar-refractivity contribution in [2.75, 3.05) is 0 Å². The van der Waals surface area contributed by atoms with Gasteiger partial charge in [-0.05, 0) is 98.6 Å². The number of benzene rings is 4. The van der Waals surface area contributed by atoms with Gasteiger partial charge in [0.15, 0.2) is 5.52 Å². The minimum Gasteiger partial charge on any atom is -0.307 e. The Labute approximate surface area is 268 Å². The van der Waals surface area contributed by atoms with Crippen molar-refractivity contribution in [2.45, 2.75) is 93.4 Å². The lowest BCUT2D eigenvalue weighted by atomic mass is 9.81. The molecule has 230 valence electrons. The van der Waals surface area contributed by atoms with E-state index in [0.29, 0.717) is 17.8 Å². The van der Waals surface area contributed by atoms with Gasteiger partial charge in [0.05, 0.1) is 29.0 Å². The summed E-state index contributed by atoms with van der Waals surface area (Å²) in [6.07, 6.45) is 3.05. The van der Waals surface area contributed by atoms with Gasteiger partial charge in [0, 0.05) is 16.2 Å². The van der Waals surface area contributed by atoms with Gasteiger partial charge in [-0.15, -0.1) is 0 Å². The Morgan fingerprint density at radius 1 is 0.756 bits per heavy atom. The highest BCUT2D eigenvalue weighted by molar-refractivity contribution is 6.25. The number of aryl methyl sites for hydroxylation is 2. The van der Waals surface area contributed by atoms with Crippen molar-refractivity contribution in [2.24, 2.45) is 12.5 Å². The molecule has 0 spiro atoms. The first kappa shape index (κ1) is 29.7. The van der Waals surface area contributed by atoms with Gasteiger partial charge in [-0.3, -0.25) is 0 Å². The van der Waals surface area contributed by atoms with Crippen molar-refractivity contribution < 1.29 is 4.57 Å². The first-order valence-electron chi connectivity index (χ1n) is 16.8. The summed E-state index contributed by atoms with van der Waals surface area (Å²) in [5.41, 5.74) is 16.0. The van der Waals surface area contributed by atoms with Gasteiger partial charge in [0.25, 0.3) is 6.33 Å². The first-order chi connectivity index (χ1) is 21.2. The van der Waals surface area contributed by atoms with E-state index in [9.17, 15) is 0 Å². The van der Waals surface area contributed by atoms with E-state index in [2.05, 4.69) is 140 Å². The highest BCUT2D eigenvalue weighted by Gasteiger charge is 2.27. The molecule has 3 nitrogen and oxygen atoms in total. The first-order valence-corrected chi connectivity index (χ1v) is 16.8. The van der Waals surface area contributed by atoms with E-state index in [-0.39, 0.29) is 5.41 Å². The van der Waals surface area contributed by atoms with Crippen molar-refractivity contribution in [3.05, 3.63) is 88.7 Å². The second-order valence-electron chi connectivity index (χ2n) is 15.7. The predicted octanol–water partition coefficient (Wildman–Crippen LogP) is 11.1. The summed E-state index contributed by atoms with van der Waals surface area (Å²) >= 11 is 0. The lowest BCUT2D eigenvalue weighted by Gasteiger charge is -2.24. The summed E-state index contributed by atoms with van der Waals surface area (Å²) in [7, 11) is 2.15. The second kappa shape index (κ2) is 10.3. The average Bonchev–Trinajstić information content (AvgIpc) is 3.29. The second-order valence-corrected chi connectivity index (χ2v) is 15.7. The molecular weight excluding hydrogens is 546 g/mol. The third-order valence-electron chi connectivity index (χ3n) is 9.89. The number of hydrogen-bond acceptors (Lipinski definition) is 1. The van der Waals surface area contributed by atoms with Crippen LogP contribution in [0.25, 0.3) is 60.3 Å². The van der Waals surface area contributed by atoms with Gasteiger partial charge in [0.1, 0.15) is 5.52 Å². The van der Waals surface area contributed by atoms with E-state index >= 15 is 0 Å². The molecule has 0 saturated heterocycles. The number of rotatable bonds is 5. The Balaban J connectivity index is 1.71. The number of nitrogens with zero attached hydrogens (tertiary/aromatic N) is 3. The molecule has 3 aromatic heterocycles. The van der Waals surface area contributed by atoms with Crippen molar-refractivity contribution in [1.29, 1.82) is 0 Å². The summed E-state index contributed by atoms with van der Waals surface area (Å²) in [5.74, 6) is 1.29. The quantitative estimate of drug-likeness (QED) is 0.110. The highest BCUT2D eigenvalue weighted by atomic mass is 15.0. The van der Waals surface area contributed by atoms with Crippen LogP contribution in [0.1, 0.15) is 108 Å². The molecule has 0 aliphatic rings. The number of hydrogen-bond donors (Lipinski definition) is 0. The molecule has 0 radical (unpaired) electrons. The average molecular weight is 595 g/mol. The van der Waals surface area contributed by atoms with Crippen molar-refractivity contribution in [3.8, 4) is 11.1 Å². The Morgan fingerprint density at radius 2 is 1.42 bits per heavy atom. The molecule has 0 amide bonds. The molecule has 0 aliphatic heterocycles. The van der Waals surface area contributed by atoms with Gasteiger partial charge in [0.2, 0.25) is 0 Å². The molecule has 45 heavy (non-hydrogen) atoms. The number of aromatic nitrogens is 3. The smallest absolute Gasteiger partial charge is 0.287 e. The minimum absolute atomic E-state index is 0.212. The van der Waals surface area contributed by atoms with Crippen LogP contribution in [-0.4, -0.2) is 9.38 Å². The van der Waals surface area contributed by atoms with Gasteiger partial charge in [-0.25, -0.2) is 4.57 Å². The Bertz CT molecular complexity index is 2240. The molecule has 0 saturated carbocycles. The molecule has 0 aliphatic carbocycles. The summed E-state index contributed by atoms with van der Waals surface area (Å²) in [4.78, 5) is 5.11. The van der Waals surface area contributed by atoms with Gasteiger partial charge in [-0.2, -0.15) is 0 Å². The normalized spacial score (nSPS) is 13.0. The standard InChI is InChI=1S/C42H48N3/c1-23(2)28-17-32(24(3)4)38(33(18-28)25(5)6)29-19-34-39-36(20-29)45-35-16-27(21-42(8,9)10)13-15-30(35)31-14-12-26(7)37(40(31)45)41(39)44(11)22-43-34/h12-20,22-25H,21H2,1-11H3/q+1. The molecule has 0 atom stereocenters. The van der Waals surface area contributed by atoms with E-state index < -0.39 is 0 Å². The van der Waals surface area contributed by atoms with Crippen LogP contribution in [0, 0.1) is 12.3 Å². The highest BCUT2D eigenvalue weighted by Crippen LogP contribution is 2.44. The van der Waals surface area contributed by atoms with Crippen molar-refractivity contribution >= 4 is 49.1 Å². The van der Waals surface area contributed by atoms with Crippen LogP contribution >= 0.6 is 0 Å². The fourth-order valence-corrected chi connectivity index (χ4v) is 7.77. The lowest BCUT2D eigenvalue weighted by molar-refractivity contribution is -0.646. The minimum atomic E-state index is 0.212. The van der Waals surface area contributed by atoms with Crippen LogP contribution in [0.3, 0.4) is 0 Å². The van der Waals surface area contributed by atoms with E-state index in [0.717, 1.165) is 11.9 Å². The fourth-order valence-electron chi connectivity index (χ4n) is 7.77. The molecule has 0 bridgehead atoms. The third-order valence-corrected chi connectivity index (χ3v) is 9.89. The van der Waals surface area contributed by atoms with Gasteiger partial charge < -0.3 is 4.40 Å². The number of pyridine rings is 1. The summed E-state index contributed by atoms with van der Waals surface area (Å²) in [6, 6.07) is 21.6. The molecule has 3 heteroatoms. The van der Waals surface area contributed by atoms with Gasteiger partial charge >= 0.3 is 0 Å². The zero-order chi connectivity index (χ0) is 32.1. The van der Waals surface area contributed by atoms with Crippen LogP contribution in [-0.2, 0) is 13.5 Å². The zero-order valence-electron chi connectivity index (χ0n) is 29.1. The maximum Gasteiger partial charge on any atom is 0.287 e. The van der Waals surface area contributed by atoms with Crippen LogP contribution in [0.5, 0.6) is 0 Å². The van der Waals surface area contributed by atoms with Gasteiger partial charge in [-0.1, -0.05) is 98.7 Å². The van der Waals surface area contributed by atoms with E-state index in [1.807, 2.05) is 6.33 Å². The molecule has 7 aromatic rings. The van der Waals surface area contributed by atoms with E-state index in [1.165, 1.54) is 82.6 Å². The van der Waals surface area contributed by atoms with E-state index in [1.54, 1.807) is 0 Å². The van der Waals surface area contributed by atoms with E-state index in [4.69, 9.17) is 4.98 Å². The fraction of sp³-hybridized carbons (Fsp3) is 0.381. The third kappa shape index (κ3) is 4.61.